The van der Waals surface area contributed by atoms with Crippen LogP contribution in [-0.4, -0.2) is 21.6 Å². The Bertz CT molecular complexity index is 878. The van der Waals surface area contributed by atoms with Crippen molar-refractivity contribution in [2.75, 3.05) is 5.32 Å². The molecule has 28 heavy (non-hydrogen) atoms. The third kappa shape index (κ3) is 3.72. The lowest BCUT2D eigenvalue weighted by Gasteiger charge is -2.25. The summed E-state index contributed by atoms with van der Waals surface area (Å²) in [5.41, 5.74) is 3.68. The quantitative estimate of drug-likeness (QED) is 0.774. The van der Waals surface area contributed by atoms with Crippen molar-refractivity contribution in [2.45, 2.75) is 57.0 Å². The van der Waals surface area contributed by atoms with Crippen molar-refractivity contribution in [1.29, 1.82) is 0 Å². The van der Waals surface area contributed by atoms with E-state index in [9.17, 15) is 9.59 Å². The van der Waals surface area contributed by atoms with Gasteiger partial charge in [0, 0.05) is 22.5 Å². The molecule has 1 aromatic heterocycles. The molecule has 2 aliphatic rings. The van der Waals surface area contributed by atoms with Gasteiger partial charge in [-0.2, -0.15) is 5.10 Å². The van der Waals surface area contributed by atoms with Gasteiger partial charge in [-0.1, -0.05) is 19.4 Å². The number of nitrogens with one attached hydrogen (secondary N) is 2. The Labute approximate surface area is 165 Å². The number of fused-ring (bicyclic) bond motifs is 1. The standard InChI is InChI=1S/C22H26N4O2/c1-2-21(27)24-16-12-10-15(11-13-16)22(28)25-19-8-5-9-20-18(19)14-23-26(20)17-6-3-4-7-17/h2,10-14,17,19H,1,3-9H2,(H,24,27)(H,25,28). The van der Waals surface area contributed by atoms with Crippen LogP contribution in [0.2, 0.25) is 0 Å². The van der Waals surface area contributed by atoms with Gasteiger partial charge in [0.25, 0.3) is 5.91 Å². The van der Waals surface area contributed by atoms with Gasteiger partial charge in [-0.25, -0.2) is 0 Å². The van der Waals surface area contributed by atoms with Gasteiger partial charge in [-0.15, -0.1) is 0 Å². The van der Waals surface area contributed by atoms with Gasteiger partial charge in [0.15, 0.2) is 0 Å². The first-order valence-electron chi connectivity index (χ1n) is 10.1. The lowest BCUT2D eigenvalue weighted by molar-refractivity contribution is -0.111. The normalized spacial score (nSPS) is 19.1. The number of aromatic nitrogens is 2. The second-order valence-corrected chi connectivity index (χ2v) is 7.62. The fourth-order valence-corrected chi connectivity index (χ4v) is 4.33. The Morgan fingerprint density at radius 3 is 2.57 bits per heavy atom. The predicted molar refractivity (Wildman–Crippen MR) is 108 cm³/mol. The molecule has 1 atom stereocenters. The van der Waals surface area contributed by atoms with E-state index < -0.39 is 0 Å². The van der Waals surface area contributed by atoms with Crippen LogP contribution in [0.5, 0.6) is 0 Å². The van der Waals surface area contributed by atoms with E-state index in [1.54, 1.807) is 24.3 Å². The number of hydrogen-bond acceptors (Lipinski definition) is 3. The van der Waals surface area contributed by atoms with Crippen LogP contribution in [0, 0.1) is 0 Å². The zero-order valence-corrected chi connectivity index (χ0v) is 16.0. The average molecular weight is 378 g/mol. The van der Waals surface area contributed by atoms with Crippen LogP contribution in [0.4, 0.5) is 5.69 Å². The van der Waals surface area contributed by atoms with Gasteiger partial charge in [0.05, 0.1) is 18.3 Å². The lowest BCUT2D eigenvalue weighted by Crippen LogP contribution is -2.31. The van der Waals surface area contributed by atoms with Crippen molar-refractivity contribution in [1.82, 2.24) is 15.1 Å². The molecule has 0 aliphatic heterocycles. The van der Waals surface area contributed by atoms with Crippen LogP contribution < -0.4 is 10.6 Å². The topological polar surface area (TPSA) is 76.0 Å². The van der Waals surface area contributed by atoms with Gasteiger partial charge in [0.2, 0.25) is 5.91 Å². The Morgan fingerprint density at radius 1 is 1.11 bits per heavy atom. The number of nitrogens with zero attached hydrogens (tertiary/aromatic N) is 2. The van der Waals surface area contributed by atoms with E-state index in [2.05, 4.69) is 27.0 Å². The van der Waals surface area contributed by atoms with E-state index in [1.165, 1.54) is 43.0 Å². The number of benzene rings is 1. The largest absolute Gasteiger partial charge is 0.345 e. The van der Waals surface area contributed by atoms with E-state index in [0.717, 1.165) is 19.3 Å². The van der Waals surface area contributed by atoms with Crippen molar-refractivity contribution in [3.63, 3.8) is 0 Å². The smallest absolute Gasteiger partial charge is 0.251 e. The van der Waals surface area contributed by atoms with Gasteiger partial charge >= 0.3 is 0 Å². The summed E-state index contributed by atoms with van der Waals surface area (Å²) in [6.45, 7) is 3.43. The van der Waals surface area contributed by atoms with Crippen LogP contribution >= 0.6 is 0 Å². The first kappa shape index (κ1) is 18.5. The lowest BCUT2D eigenvalue weighted by atomic mass is 9.92. The molecule has 1 unspecified atom stereocenters. The first-order valence-corrected chi connectivity index (χ1v) is 10.1. The number of carbonyl (C=O) groups is 2. The third-order valence-electron chi connectivity index (χ3n) is 5.79. The number of anilines is 1. The zero-order valence-electron chi connectivity index (χ0n) is 16.0. The maximum absolute atomic E-state index is 12.7. The van der Waals surface area contributed by atoms with Crippen molar-refractivity contribution in [3.8, 4) is 0 Å². The minimum atomic E-state index is -0.272. The highest BCUT2D eigenvalue weighted by atomic mass is 16.2. The monoisotopic (exact) mass is 378 g/mol. The molecule has 1 fully saturated rings. The average Bonchev–Trinajstić information content (AvgIpc) is 3.38. The van der Waals surface area contributed by atoms with Crippen molar-refractivity contribution < 1.29 is 9.59 Å². The fraction of sp³-hybridized carbons (Fsp3) is 0.409. The molecule has 4 rings (SSSR count). The van der Waals surface area contributed by atoms with Gasteiger partial charge < -0.3 is 10.6 Å². The molecule has 2 N–H and O–H groups in total. The van der Waals surface area contributed by atoms with E-state index in [1.807, 2.05) is 6.20 Å². The molecule has 0 radical (unpaired) electrons. The van der Waals surface area contributed by atoms with Gasteiger partial charge in [-0.3, -0.25) is 14.3 Å². The van der Waals surface area contributed by atoms with Crippen LogP contribution in [-0.2, 0) is 11.2 Å². The number of rotatable bonds is 5. The third-order valence-corrected chi connectivity index (χ3v) is 5.79. The molecular formula is C22H26N4O2. The number of amides is 2. The molecule has 1 aromatic carbocycles. The molecular weight excluding hydrogens is 352 g/mol. The Morgan fingerprint density at radius 2 is 1.86 bits per heavy atom. The summed E-state index contributed by atoms with van der Waals surface area (Å²) in [6, 6.07) is 7.42. The summed E-state index contributed by atoms with van der Waals surface area (Å²) in [5, 5.41) is 10.5. The molecule has 1 heterocycles. The Hall–Kier alpha value is -2.89. The van der Waals surface area contributed by atoms with Crippen LogP contribution in [0.15, 0.2) is 43.1 Å². The summed E-state index contributed by atoms with van der Waals surface area (Å²) in [4.78, 5) is 24.1. The number of carbonyl (C=O) groups excluding carboxylic acids is 2. The molecule has 0 saturated heterocycles. The second-order valence-electron chi connectivity index (χ2n) is 7.62. The van der Waals surface area contributed by atoms with Crippen molar-refractivity contribution in [2.24, 2.45) is 0 Å². The SMILES string of the molecule is C=CC(=O)Nc1ccc(C(=O)NC2CCCc3c2cnn3C2CCCC2)cc1. The Kier molecular flexibility index (Phi) is 5.28. The van der Waals surface area contributed by atoms with Crippen molar-refractivity contribution >= 4 is 17.5 Å². The van der Waals surface area contributed by atoms with Gasteiger partial charge in [-0.05, 0) is 62.4 Å². The summed E-state index contributed by atoms with van der Waals surface area (Å²) < 4.78 is 2.22. The maximum Gasteiger partial charge on any atom is 0.251 e. The van der Waals surface area contributed by atoms with E-state index in [0.29, 0.717) is 17.3 Å². The molecule has 6 heteroatoms. The summed E-state index contributed by atoms with van der Waals surface area (Å²) in [7, 11) is 0. The molecule has 146 valence electrons. The van der Waals surface area contributed by atoms with Crippen LogP contribution in [0.1, 0.15) is 72.2 Å². The van der Waals surface area contributed by atoms with E-state index >= 15 is 0 Å². The maximum atomic E-state index is 12.7. The predicted octanol–water partition coefficient (Wildman–Crippen LogP) is 3.93. The number of hydrogen-bond donors (Lipinski definition) is 2. The van der Waals surface area contributed by atoms with Crippen LogP contribution in [0.25, 0.3) is 0 Å². The minimum absolute atomic E-state index is 0.00606. The first-order chi connectivity index (χ1) is 13.7. The molecule has 0 spiro atoms. The van der Waals surface area contributed by atoms with E-state index in [4.69, 9.17) is 0 Å². The fourth-order valence-electron chi connectivity index (χ4n) is 4.33. The highest BCUT2D eigenvalue weighted by Crippen LogP contribution is 2.36. The molecule has 2 amide bonds. The van der Waals surface area contributed by atoms with Gasteiger partial charge in [0.1, 0.15) is 0 Å². The summed E-state index contributed by atoms with van der Waals surface area (Å²) in [5.74, 6) is -0.376. The summed E-state index contributed by atoms with van der Waals surface area (Å²) in [6.07, 6.45) is 11.2. The highest BCUT2D eigenvalue weighted by Gasteiger charge is 2.29. The molecule has 6 nitrogen and oxygen atoms in total. The molecule has 1 saturated carbocycles. The second kappa shape index (κ2) is 8.00. The Balaban J connectivity index is 1.46. The zero-order chi connectivity index (χ0) is 19.5. The molecule has 2 aliphatic carbocycles. The molecule has 0 bridgehead atoms. The highest BCUT2D eigenvalue weighted by molar-refractivity contribution is 5.99. The minimum Gasteiger partial charge on any atom is -0.345 e. The van der Waals surface area contributed by atoms with Crippen LogP contribution in [0.3, 0.4) is 0 Å². The molecule has 2 aromatic rings. The summed E-state index contributed by atoms with van der Waals surface area (Å²) >= 11 is 0. The van der Waals surface area contributed by atoms with E-state index in [-0.39, 0.29) is 17.9 Å². The van der Waals surface area contributed by atoms with Crippen molar-refractivity contribution in [3.05, 3.63) is 59.9 Å².